The van der Waals surface area contributed by atoms with Crippen molar-refractivity contribution in [2.75, 3.05) is 13.1 Å². The maximum atomic E-state index is 12.3. The standard InChI is InChI=1S/C12H22N2O2.ClH/c1-12(2,16)10-6-4-8-14(10)11(15)9-5-3-7-13-9;/h9-10,13,16H,3-8H2,1-2H3;1H/t9-,10-;/m0./s1. The lowest BCUT2D eigenvalue weighted by molar-refractivity contribution is -0.138. The smallest absolute Gasteiger partial charge is 0.240 e. The number of carbonyl (C=O) groups is 1. The molecule has 2 fully saturated rings. The van der Waals surface area contributed by atoms with Crippen LogP contribution in [0.3, 0.4) is 0 Å². The Morgan fingerprint density at radius 3 is 2.59 bits per heavy atom. The highest BCUT2D eigenvalue weighted by atomic mass is 35.5. The zero-order valence-corrected chi connectivity index (χ0v) is 11.4. The fraction of sp³-hybridized carbons (Fsp3) is 0.917. The van der Waals surface area contributed by atoms with Gasteiger partial charge in [0.05, 0.1) is 17.7 Å². The third-order valence-electron chi connectivity index (χ3n) is 3.71. The van der Waals surface area contributed by atoms with Crippen molar-refractivity contribution in [1.29, 1.82) is 0 Å². The first-order chi connectivity index (χ1) is 7.50. The molecule has 0 saturated carbocycles. The minimum atomic E-state index is -0.787. The highest BCUT2D eigenvalue weighted by Gasteiger charge is 2.40. The fourth-order valence-corrected chi connectivity index (χ4v) is 2.86. The minimum Gasteiger partial charge on any atom is -0.388 e. The van der Waals surface area contributed by atoms with Crippen LogP contribution in [0.15, 0.2) is 0 Å². The maximum absolute atomic E-state index is 12.3. The van der Waals surface area contributed by atoms with Gasteiger partial charge in [-0.05, 0) is 46.1 Å². The van der Waals surface area contributed by atoms with E-state index in [-0.39, 0.29) is 30.4 Å². The van der Waals surface area contributed by atoms with Crippen LogP contribution in [-0.4, -0.2) is 46.7 Å². The number of aliphatic hydroxyl groups is 1. The Morgan fingerprint density at radius 2 is 2.06 bits per heavy atom. The van der Waals surface area contributed by atoms with E-state index in [0.717, 1.165) is 38.8 Å². The first-order valence-corrected chi connectivity index (χ1v) is 6.26. The number of rotatable bonds is 2. The fourth-order valence-electron chi connectivity index (χ4n) is 2.86. The molecule has 0 aliphatic carbocycles. The van der Waals surface area contributed by atoms with Crippen molar-refractivity contribution < 1.29 is 9.90 Å². The number of nitrogens with zero attached hydrogens (tertiary/aromatic N) is 1. The Hall–Kier alpha value is -0.320. The monoisotopic (exact) mass is 262 g/mol. The van der Waals surface area contributed by atoms with Gasteiger partial charge in [-0.3, -0.25) is 4.79 Å². The Morgan fingerprint density at radius 1 is 1.35 bits per heavy atom. The summed E-state index contributed by atoms with van der Waals surface area (Å²) in [4.78, 5) is 14.1. The van der Waals surface area contributed by atoms with Gasteiger partial charge in [0.1, 0.15) is 0 Å². The molecule has 2 aliphatic rings. The van der Waals surface area contributed by atoms with Gasteiger partial charge in [-0.15, -0.1) is 12.4 Å². The van der Waals surface area contributed by atoms with Crippen LogP contribution in [0.5, 0.6) is 0 Å². The molecule has 0 aromatic heterocycles. The highest BCUT2D eigenvalue weighted by molar-refractivity contribution is 5.85. The predicted molar refractivity (Wildman–Crippen MR) is 69.3 cm³/mol. The van der Waals surface area contributed by atoms with Crippen LogP contribution in [0.4, 0.5) is 0 Å². The van der Waals surface area contributed by atoms with Crippen LogP contribution in [0, 0.1) is 0 Å². The molecule has 17 heavy (non-hydrogen) atoms. The highest BCUT2D eigenvalue weighted by Crippen LogP contribution is 2.28. The van der Waals surface area contributed by atoms with Crippen molar-refractivity contribution in [3.05, 3.63) is 0 Å². The number of halogens is 1. The first-order valence-electron chi connectivity index (χ1n) is 6.26. The van der Waals surface area contributed by atoms with E-state index in [0.29, 0.717) is 0 Å². The van der Waals surface area contributed by atoms with Crippen LogP contribution in [0.25, 0.3) is 0 Å². The Labute approximate surface area is 109 Å². The molecule has 2 atom stereocenters. The van der Waals surface area contributed by atoms with Crippen molar-refractivity contribution in [3.8, 4) is 0 Å². The summed E-state index contributed by atoms with van der Waals surface area (Å²) in [6.45, 7) is 5.33. The zero-order chi connectivity index (χ0) is 11.8. The van der Waals surface area contributed by atoms with Gasteiger partial charge in [-0.25, -0.2) is 0 Å². The summed E-state index contributed by atoms with van der Waals surface area (Å²) in [5.41, 5.74) is -0.787. The molecule has 0 spiro atoms. The normalized spacial score (nSPS) is 29.2. The molecule has 2 rings (SSSR count). The molecule has 1 amide bonds. The van der Waals surface area contributed by atoms with E-state index < -0.39 is 5.60 Å². The number of hydrogen-bond donors (Lipinski definition) is 2. The van der Waals surface area contributed by atoms with Gasteiger partial charge in [0.15, 0.2) is 0 Å². The lowest BCUT2D eigenvalue weighted by atomic mass is 9.96. The molecule has 0 aromatic carbocycles. The van der Waals surface area contributed by atoms with E-state index >= 15 is 0 Å². The van der Waals surface area contributed by atoms with Crippen molar-refractivity contribution in [1.82, 2.24) is 10.2 Å². The van der Waals surface area contributed by atoms with Gasteiger partial charge in [-0.1, -0.05) is 0 Å². The SMILES string of the molecule is CC(C)(O)[C@@H]1CCCN1C(=O)[C@@H]1CCCN1.Cl. The van der Waals surface area contributed by atoms with E-state index in [9.17, 15) is 9.90 Å². The van der Waals surface area contributed by atoms with Crippen molar-refractivity contribution in [3.63, 3.8) is 0 Å². The lowest BCUT2D eigenvalue weighted by Gasteiger charge is -2.35. The lowest BCUT2D eigenvalue weighted by Crippen LogP contribution is -2.52. The van der Waals surface area contributed by atoms with Crippen molar-refractivity contribution >= 4 is 18.3 Å². The molecule has 0 aromatic rings. The van der Waals surface area contributed by atoms with Crippen LogP contribution < -0.4 is 5.32 Å². The third-order valence-corrected chi connectivity index (χ3v) is 3.71. The molecule has 4 nitrogen and oxygen atoms in total. The molecule has 2 heterocycles. The molecule has 5 heteroatoms. The number of likely N-dealkylation sites (tertiary alicyclic amines) is 1. The molecule has 0 unspecified atom stereocenters. The second-order valence-corrected chi connectivity index (χ2v) is 5.49. The van der Waals surface area contributed by atoms with Gasteiger partial charge >= 0.3 is 0 Å². The molecule has 100 valence electrons. The summed E-state index contributed by atoms with van der Waals surface area (Å²) in [6.07, 6.45) is 3.94. The first kappa shape index (κ1) is 14.7. The van der Waals surface area contributed by atoms with E-state index in [4.69, 9.17) is 0 Å². The summed E-state index contributed by atoms with van der Waals surface area (Å²) in [5.74, 6) is 0.183. The van der Waals surface area contributed by atoms with Crippen LogP contribution in [0.2, 0.25) is 0 Å². The van der Waals surface area contributed by atoms with E-state index in [1.54, 1.807) is 13.8 Å². The molecule has 0 bridgehead atoms. The average Bonchev–Trinajstić information content (AvgIpc) is 2.87. The quantitative estimate of drug-likeness (QED) is 0.778. The Balaban J connectivity index is 0.00000144. The molecular formula is C12H23ClN2O2. The van der Waals surface area contributed by atoms with Crippen LogP contribution in [0.1, 0.15) is 39.5 Å². The van der Waals surface area contributed by atoms with Crippen LogP contribution >= 0.6 is 12.4 Å². The molecule has 0 radical (unpaired) electrons. The van der Waals surface area contributed by atoms with Gasteiger partial charge in [0.2, 0.25) is 5.91 Å². The second-order valence-electron chi connectivity index (χ2n) is 5.49. The zero-order valence-electron chi connectivity index (χ0n) is 10.6. The van der Waals surface area contributed by atoms with Gasteiger partial charge in [-0.2, -0.15) is 0 Å². The average molecular weight is 263 g/mol. The number of amides is 1. The van der Waals surface area contributed by atoms with Crippen molar-refractivity contribution in [2.24, 2.45) is 0 Å². The number of carbonyl (C=O) groups excluding carboxylic acids is 1. The predicted octanol–water partition coefficient (Wildman–Crippen LogP) is 0.922. The summed E-state index contributed by atoms with van der Waals surface area (Å²) in [7, 11) is 0. The summed E-state index contributed by atoms with van der Waals surface area (Å²) in [6, 6.07) is -0.0228. The molecule has 2 N–H and O–H groups in total. The molecular weight excluding hydrogens is 240 g/mol. The second kappa shape index (κ2) is 5.55. The topological polar surface area (TPSA) is 52.6 Å². The third kappa shape index (κ3) is 3.12. The van der Waals surface area contributed by atoms with E-state index in [1.807, 2.05) is 4.90 Å². The van der Waals surface area contributed by atoms with Gasteiger partial charge in [0.25, 0.3) is 0 Å². The maximum Gasteiger partial charge on any atom is 0.240 e. The summed E-state index contributed by atoms with van der Waals surface area (Å²) < 4.78 is 0. The Bertz CT molecular complexity index is 272. The van der Waals surface area contributed by atoms with E-state index in [1.165, 1.54) is 0 Å². The summed E-state index contributed by atoms with van der Waals surface area (Å²) >= 11 is 0. The van der Waals surface area contributed by atoms with Crippen LogP contribution in [-0.2, 0) is 4.79 Å². The van der Waals surface area contributed by atoms with E-state index in [2.05, 4.69) is 5.32 Å². The van der Waals surface area contributed by atoms with Gasteiger partial charge < -0.3 is 15.3 Å². The van der Waals surface area contributed by atoms with Crippen molar-refractivity contribution in [2.45, 2.75) is 57.2 Å². The largest absolute Gasteiger partial charge is 0.388 e. The molecule has 2 aliphatic heterocycles. The molecule has 2 saturated heterocycles. The minimum absolute atomic E-state index is 0. The number of nitrogens with one attached hydrogen (secondary N) is 1. The number of hydrogen-bond acceptors (Lipinski definition) is 3. The summed E-state index contributed by atoms with van der Waals surface area (Å²) in [5, 5.41) is 13.3. The van der Waals surface area contributed by atoms with Gasteiger partial charge in [0, 0.05) is 6.54 Å². The Kier molecular flexibility index (Phi) is 4.81.